The molecule has 6 heteroatoms. The molecule has 1 heterocycles. The van der Waals surface area contributed by atoms with Crippen molar-refractivity contribution < 1.29 is 14.6 Å². The summed E-state index contributed by atoms with van der Waals surface area (Å²) in [6.07, 6.45) is 1.07. The Balaban J connectivity index is 1.87. The highest BCUT2D eigenvalue weighted by molar-refractivity contribution is 6.32. The second-order valence-corrected chi connectivity index (χ2v) is 6.79. The number of likely N-dealkylation sites (tertiary alicyclic amines) is 1. The molecule has 5 nitrogen and oxygen atoms in total. The zero-order valence-corrected chi connectivity index (χ0v) is 14.4. The number of β-amino-alcohol motifs (C(OH)–C–C–N with tert-alkyl or cyclic N) is 1. The predicted octanol–water partition coefficient (Wildman–Crippen LogP) is 1.97. The predicted molar refractivity (Wildman–Crippen MR) is 90.6 cm³/mol. The van der Waals surface area contributed by atoms with Gasteiger partial charge in [0.05, 0.1) is 10.9 Å². The van der Waals surface area contributed by atoms with E-state index in [-0.39, 0.29) is 18.4 Å². The minimum absolute atomic E-state index is 0.134. The molecule has 0 bridgehead atoms. The molecule has 1 saturated heterocycles. The first-order chi connectivity index (χ1) is 10.9. The molecule has 1 fully saturated rings. The quantitative estimate of drug-likeness (QED) is 0.830. The molecule has 0 radical (unpaired) electrons. The molecule has 1 aromatic carbocycles. The summed E-state index contributed by atoms with van der Waals surface area (Å²) >= 11 is 6.08. The lowest BCUT2D eigenvalue weighted by Gasteiger charge is -2.37. The van der Waals surface area contributed by atoms with E-state index >= 15 is 0 Å². The first-order valence-electron chi connectivity index (χ1n) is 7.97. The van der Waals surface area contributed by atoms with Gasteiger partial charge < -0.3 is 15.6 Å². The van der Waals surface area contributed by atoms with Crippen LogP contribution in [0.4, 0.5) is 0 Å². The molecule has 1 amide bonds. The highest BCUT2D eigenvalue weighted by Gasteiger charge is 2.29. The SMILES string of the molecule is Cc1ccc(Cl)c(OCC(O)CN2CC(C(N)=O)CCC2C)c1. The van der Waals surface area contributed by atoms with Gasteiger partial charge in [0.1, 0.15) is 18.5 Å². The lowest BCUT2D eigenvalue weighted by atomic mass is 9.93. The number of benzene rings is 1. The van der Waals surface area contributed by atoms with Gasteiger partial charge in [0.2, 0.25) is 5.91 Å². The van der Waals surface area contributed by atoms with E-state index in [0.29, 0.717) is 29.9 Å². The maximum absolute atomic E-state index is 11.4. The normalized spacial score (nSPS) is 23.5. The Hall–Kier alpha value is -1.30. The van der Waals surface area contributed by atoms with E-state index in [1.807, 2.05) is 19.1 Å². The Morgan fingerprint density at radius 2 is 2.26 bits per heavy atom. The highest BCUT2D eigenvalue weighted by Crippen LogP contribution is 2.26. The lowest BCUT2D eigenvalue weighted by Crippen LogP contribution is -2.49. The van der Waals surface area contributed by atoms with Crippen LogP contribution in [-0.4, -0.2) is 47.8 Å². The van der Waals surface area contributed by atoms with Gasteiger partial charge in [0.15, 0.2) is 0 Å². The van der Waals surface area contributed by atoms with Crippen molar-refractivity contribution in [2.24, 2.45) is 11.7 Å². The Morgan fingerprint density at radius 1 is 1.52 bits per heavy atom. The molecular weight excluding hydrogens is 316 g/mol. The summed E-state index contributed by atoms with van der Waals surface area (Å²) in [6.45, 7) is 5.27. The van der Waals surface area contributed by atoms with E-state index in [2.05, 4.69) is 11.8 Å². The zero-order valence-electron chi connectivity index (χ0n) is 13.7. The Labute approximate surface area is 142 Å². The van der Waals surface area contributed by atoms with Crippen molar-refractivity contribution >= 4 is 17.5 Å². The average molecular weight is 341 g/mol. The first-order valence-corrected chi connectivity index (χ1v) is 8.35. The summed E-state index contributed by atoms with van der Waals surface area (Å²) in [5.41, 5.74) is 6.45. The maximum atomic E-state index is 11.4. The van der Waals surface area contributed by atoms with Crippen molar-refractivity contribution in [3.05, 3.63) is 28.8 Å². The lowest BCUT2D eigenvalue weighted by molar-refractivity contribution is -0.124. The van der Waals surface area contributed by atoms with E-state index in [0.717, 1.165) is 18.4 Å². The van der Waals surface area contributed by atoms with Gasteiger partial charge in [-0.25, -0.2) is 0 Å². The molecule has 3 atom stereocenters. The number of primary amides is 1. The fourth-order valence-electron chi connectivity index (χ4n) is 2.90. The molecule has 0 saturated carbocycles. The number of aliphatic hydroxyl groups is 1. The number of nitrogens with two attached hydrogens (primary N) is 1. The van der Waals surface area contributed by atoms with Crippen LogP contribution in [0, 0.1) is 12.8 Å². The number of ether oxygens (including phenoxy) is 1. The molecular formula is C17H25ClN2O3. The second kappa shape index (κ2) is 7.99. The van der Waals surface area contributed by atoms with Crippen LogP contribution in [0.2, 0.25) is 5.02 Å². The molecule has 2 rings (SSSR count). The monoisotopic (exact) mass is 340 g/mol. The summed E-state index contributed by atoms with van der Waals surface area (Å²) < 4.78 is 5.63. The fourth-order valence-corrected chi connectivity index (χ4v) is 3.07. The Bertz CT molecular complexity index is 553. The maximum Gasteiger partial charge on any atom is 0.221 e. The number of aryl methyl sites for hydroxylation is 1. The van der Waals surface area contributed by atoms with Crippen LogP contribution < -0.4 is 10.5 Å². The van der Waals surface area contributed by atoms with E-state index in [4.69, 9.17) is 22.1 Å². The average Bonchev–Trinajstić information content (AvgIpc) is 2.50. The second-order valence-electron chi connectivity index (χ2n) is 6.38. The molecule has 3 unspecified atom stereocenters. The molecule has 23 heavy (non-hydrogen) atoms. The van der Waals surface area contributed by atoms with E-state index in [1.165, 1.54) is 0 Å². The van der Waals surface area contributed by atoms with Gasteiger partial charge in [-0.3, -0.25) is 9.69 Å². The number of aliphatic hydroxyl groups excluding tert-OH is 1. The topological polar surface area (TPSA) is 75.8 Å². The zero-order chi connectivity index (χ0) is 17.0. The van der Waals surface area contributed by atoms with Crippen LogP contribution in [-0.2, 0) is 4.79 Å². The summed E-state index contributed by atoms with van der Waals surface area (Å²) in [4.78, 5) is 13.5. The number of hydrogen-bond acceptors (Lipinski definition) is 4. The van der Waals surface area contributed by atoms with Crippen molar-refractivity contribution in [2.75, 3.05) is 19.7 Å². The number of carbonyl (C=O) groups is 1. The molecule has 128 valence electrons. The Morgan fingerprint density at radius 3 is 2.96 bits per heavy atom. The third-order valence-electron chi connectivity index (χ3n) is 4.38. The summed E-state index contributed by atoms with van der Waals surface area (Å²) in [6, 6.07) is 5.86. The van der Waals surface area contributed by atoms with Crippen molar-refractivity contribution in [1.82, 2.24) is 4.90 Å². The van der Waals surface area contributed by atoms with E-state index < -0.39 is 6.10 Å². The van der Waals surface area contributed by atoms with Crippen LogP contribution in [0.5, 0.6) is 5.75 Å². The van der Waals surface area contributed by atoms with E-state index in [1.54, 1.807) is 6.07 Å². The summed E-state index contributed by atoms with van der Waals surface area (Å²) in [7, 11) is 0. The van der Waals surface area contributed by atoms with Gasteiger partial charge in [-0.15, -0.1) is 0 Å². The minimum Gasteiger partial charge on any atom is -0.489 e. The third kappa shape index (κ3) is 5.09. The van der Waals surface area contributed by atoms with Crippen LogP contribution in [0.3, 0.4) is 0 Å². The fraction of sp³-hybridized carbons (Fsp3) is 0.588. The largest absolute Gasteiger partial charge is 0.489 e. The number of nitrogens with zero attached hydrogens (tertiary/aromatic N) is 1. The number of amides is 1. The number of rotatable bonds is 6. The Kier molecular flexibility index (Phi) is 6.27. The van der Waals surface area contributed by atoms with Crippen molar-refractivity contribution in [2.45, 2.75) is 38.8 Å². The minimum atomic E-state index is -0.652. The third-order valence-corrected chi connectivity index (χ3v) is 4.69. The molecule has 0 spiro atoms. The van der Waals surface area contributed by atoms with Gasteiger partial charge >= 0.3 is 0 Å². The number of piperidine rings is 1. The molecule has 1 aromatic rings. The van der Waals surface area contributed by atoms with Gasteiger partial charge in [-0.1, -0.05) is 17.7 Å². The van der Waals surface area contributed by atoms with Crippen LogP contribution in [0.25, 0.3) is 0 Å². The summed E-state index contributed by atoms with van der Waals surface area (Å²) in [5.74, 6) is 0.178. The van der Waals surface area contributed by atoms with Gasteiger partial charge in [-0.05, 0) is 44.4 Å². The van der Waals surface area contributed by atoms with Crippen molar-refractivity contribution in [1.29, 1.82) is 0 Å². The number of halogens is 1. The van der Waals surface area contributed by atoms with Crippen LogP contribution >= 0.6 is 11.6 Å². The number of carbonyl (C=O) groups excluding carboxylic acids is 1. The highest BCUT2D eigenvalue weighted by atomic mass is 35.5. The van der Waals surface area contributed by atoms with Gasteiger partial charge in [0, 0.05) is 19.1 Å². The molecule has 0 aliphatic carbocycles. The van der Waals surface area contributed by atoms with Crippen molar-refractivity contribution in [3.8, 4) is 5.75 Å². The van der Waals surface area contributed by atoms with Gasteiger partial charge in [0.25, 0.3) is 0 Å². The molecule has 1 aliphatic rings. The summed E-state index contributed by atoms with van der Waals surface area (Å²) in [5, 5.41) is 10.8. The first kappa shape index (κ1) is 18.0. The van der Waals surface area contributed by atoms with Crippen LogP contribution in [0.1, 0.15) is 25.3 Å². The smallest absolute Gasteiger partial charge is 0.221 e. The van der Waals surface area contributed by atoms with Gasteiger partial charge in [-0.2, -0.15) is 0 Å². The molecule has 0 aromatic heterocycles. The molecule has 1 aliphatic heterocycles. The van der Waals surface area contributed by atoms with Crippen LogP contribution in [0.15, 0.2) is 18.2 Å². The van der Waals surface area contributed by atoms with E-state index in [9.17, 15) is 9.90 Å². The number of hydrogen-bond donors (Lipinski definition) is 2. The van der Waals surface area contributed by atoms with Crippen molar-refractivity contribution in [3.63, 3.8) is 0 Å². The standard InChI is InChI=1S/C17H25ClN2O3/c1-11-3-6-15(18)16(7-11)23-10-14(21)9-20-8-13(17(19)22)5-4-12(20)2/h3,6-7,12-14,21H,4-5,8-10H2,1-2H3,(H2,19,22). The molecule has 3 N–H and O–H groups in total.